The van der Waals surface area contributed by atoms with Gasteiger partial charge in [0.2, 0.25) is 0 Å². The van der Waals surface area contributed by atoms with Gasteiger partial charge < -0.3 is 9.84 Å². The van der Waals surface area contributed by atoms with E-state index in [1.165, 1.54) is 21.2 Å². The van der Waals surface area contributed by atoms with Gasteiger partial charge in [0, 0.05) is 13.0 Å². The van der Waals surface area contributed by atoms with Crippen LogP contribution < -0.4 is 21.2 Å². The number of β-amino-alcohol motifs (C(OH)–C–C–N with tert-alkyl or cyclic N) is 1. The smallest absolute Gasteiger partial charge is 0.323 e. The van der Waals surface area contributed by atoms with Gasteiger partial charge in [-0.2, -0.15) is 0 Å². The van der Waals surface area contributed by atoms with Crippen molar-refractivity contribution in [3.63, 3.8) is 0 Å². The van der Waals surface area contributed by atoms with Crippen molar-refractivity contribution in [2.24, 2.45) is 0 Å². The first-order valence-corrected chi connectivity index (χ1v) is 22.5. The van der Waals surface area contributed by atoms with E-state index in [2.05, 4.69) is 193 Å². The van der Waals surface area contributed by atoms with Crippen molar-refractivity contribution in [1.29, 1.82) is 0 Å². The summed E-state index contributed by atoms with van der Waals surface area (Å²) in [5.74, 6) is -0.328. The lowest BCUT2D eigenvalue weighted by Gasteiger charge is -2.43. The Kier molecular flexibility index (Phi) is 10.1. The Morgan fingerprint density at radius 3 is 1.45 bits per heavy atom. The van der Waals surface area contributed by atoms with Gasteiger partial charge in [-0.25, -0.2) is 0 Å². The summed E-state index contributed by atoms with van der Waals surface area (Å²) in [6.07, 6.45) is -0.371. The van der Waals surface area contributed by atoms with Gasteiger partial charge in [-0.3, -0.25) is 9.69 Å². The molecule has 5 heteroatoms. The molecule has 8 aromatic rings. The van der Waals surface area contributed by atoms with Crippen LogP contribution in [0.3, 0.4) is 0 Å². The van der Waals surface area contributed by atoms with Crippen molar-refractivity contribution in [2.45, 2.75) is 30.7 Å². The Morgan fingerprint density at radius 2 is 0.950 bits per heavy atom. The maximum atomic E-state index is 14.3. The predicted octanol–water partition coefficient (Wildman–Crippen LogP) is 9.42. The summed E-state index contributed by atoms with van der Waals surface area (Å²) in [7, 11) is -2.19. The Morgan fingerprint density at radius 1 is 0.533 bits per heavy atom. The molecule has 2 aliphatic rings. The lowest BCUT2D eigenvalue weighted by molar-refractivity contribution is -0.151. The van der Waals surface area contributed by atoms with Crippen molar-refractivity contribution in [3.05, 3.63) is 241 Å². The molecule has 1 aliphatic heterocycles. The average molecular weight is 799 g/mol. The van der Waals surface area contributed by atoms with Crippen LogP contribution in [0.25, 0.3) is 22.3 Å². The van der Waals surface area contributed by atoms with Crippen molar-refractivity contribution in [3.8, 4) is 22.3 Å². The van der Waals surface area contributed by atoms with Crippen LogP contribution in [0.5, 0.6) is 0 Å². The first kappa shape index (κ1) is 37.8. The zero-order chi connectivity index (χ0) is 40.5. The molecule has 0 amide bonds. The molecular weight excluding hydrogens is 754 g/mol. The molecule has 60 heavy (non-hydrogen) atoms. The lowest BCUT2D eigenvalue weighted by Crippen LogP contribution is -2.52. The largest absolute Gasteiger partial charge is 0.460 e. The van der Waals surface area contributed by atoms with Gasteiger partial charge in [0.05, 0.1) is 11.6 Å². The van der Waals surface area contributed by atoms with E-state index in [0.29, 0.717) is 13.0 Å². The minimum absolute atomic E-state index is 0.141. The first-order valence-electron chi connectivity index (χ1n) is 20.7. The first-order chi connectivity index (χ1) is 29.6. The number of nitrogens with zero attached hydrogens (tertiary/aromatic N) is 1. The van der Waals surface area contributed by atoms with Crippen LogP contribution in [0.4, 0.5) is 0 Å². The number of hydrogen-bond acceptors (Lipinski definition) is 4. The second kappa shape index (κ2) is 16.0. The van der Waals surface area contributed by atoms with E-state index < -0.39 is 24.9 Å². The molecule has 10 rings (SSSR count). The van der Waals surface area contributed by atoms with Crippen LogP contribution >= 0.6 is 7.26 Å². The van der Waals surface area contributed by atoms with Gasteiger partial charge >= 0.3 is 5.97 Å². The van der Waals surface area contributed by atoms with Crippen LogP contribution in [0, 0.1) is 0 Å². The lowest BCUT2D eigenvalue weighted by atomic mass is 9.78. The van der Waals surface area contributed by atoms with Crippen molar-refractivity contribution in [2.75, 3.05) is 6.54 Å². The number of fused-ring (bicyclic) bond motifs is 3. The normalized spacial score (nSPS) is 16.8. The Balaban J connectivity index is 0.919. The molecule has 0 saturated carbocycles. The highest BCUT2D eigenvalue weighted by atomic mass is 31.2. The summed E-state index contributed by atoms with van der Waals surface area (Å²) in [6, 6.07) is 76.8. The third kappa shape index (κ3) is 6.31. The summed E-state index contributed by atoms with van der Waals surface area (Å²) in [6.45, 7) is 0.484. The number of carbonyl (C=O) groups excluding carboxylic acids is 1. The molecular formula is C55H45NO3P+. The predicted molar refractivity (Wildman–Crippen MR) is 246 cm³/mol. The molecule has 0 spiro atoms. The van der Waals surface area contributed by atoms with Crippen LogP contribution in [-0.2, 0) is 21.7 Å². The number of likely N-dealkylation sites (tertiary alicyclic amines) is 1. The number of aliphatic hydroxyl groups excluding tert-OH is 1. The summed E-state index contributed by atoms with van der Waals surface area (Å²) >= 11 is 0. The van der Waals surface area contributed by atoms with Gasteiger partial charge in [0.1, 0.15) is 41.1 Å². The maximum Gasteiger partial charge on any atom is 0.323 e. The third-order valence-corrected chi connectivity index (χ3v) is 16.7. The molecule has 1 N–H and O–H groups in total. The number of ether oxygens (including phenoxy) is 1. The highest BCUT2D eigenvalue weighted by Gasteiger charge is 2.55. The van der Waals surface area contributed by atoms with Gasteiger partial charge in [-0.1, -0.05) is 170 Å². The summed E-state index contributed by atoms with van der Waals surface area (Å²) in [5, 5.41) is 16.5. The molecule has 1 fully saturated rings. The van der Waals surface area contributed by atoms with E-state index in [4.69, 9.17) is 4.74 Å². The van der Waals surface area contributed by atoms with Crippen molar-refractivity contribution in [1.82, 2.24) is 4.90 Å². The number of rotatable bonds is 10. The number of esters is 1. The van der Waals surface area contributed by atoms with Gasteiger partial charge in [0.25, 0.3) is 0 Å². The molecule has 292 valence electrons. The Bertz CT molecular complexity index is 2600. The minimum Gasteiger partial charge on any atom is -0.460 e. The Hall–Kier alpha value is -6.42. The van der Waals surface area contributed by atoms with Gasteiger partial charge in [-0.15, -0.1) is 0 Å². The second-order valence-corrected chi connectivity index (χ2v) is 19.2. The van der Waals surface area contributed by atoms with E-state index in [1.807, 2.05) is 30.3 Å². The SMILES string of the molecule is O=C(OCc1ccc(-c2ccc([P+](c3ccccc3)(c3ccccc3)c3ccccc3)cc2)cc1)[C@@H]1C[C@@H](O)CN1C1(c2ccccc2)c2ccccc2-c2ccccc21. The molecule has 2 atom stereocenters. The van der Waals surface area contributed by atoms with E-state index in [1.54, 1.807) is 0 Å². The number of benzene rings is 8. The summed E-state index contributed by atoms with van der Waals surface area (Å²) < 4.78 is 6.14. The molecule has 1 aliphatic carbocycles. The van der Waals surface area contributed by atoms with Crippen LogP contribution in [-0.4, -0.2) is 34.7 Å². The standard InChI is InChI=1S/C55H45NO3P/c57-44-37-53(56(38-44)55(43-17-5-1-6-18-43)51-27-15-13-25-49(51)50-26-14-16-28-52(50)55)54(58)59-39-40-29-31-41(32-30-40)42-33-35-48(36-34-42)60(45-19-7-2-8-20-45,46-21-9-3-10-22-46)47-23-11-4-12-24-47/h1-36,44,53,57H,37-39H2/q+1/t44-,53+/m1/s1. The van der Waals surface area contributed by atoms with Crippen LogP contribution in [0.15, 0.2) is 218 Å². The molecule has 0 bridgehead atoms. The van der Waals surface area contributed by atoms with Crippen molar-refractivity contribution >= 4 is 34.4 Å². The molecule has 0 unspecified atom stereocenters. The van der Waals surface area contributed by atoms with E-state index in [0.717, 1.165) is 44.5 Å². The fourth-order valence-corrected chi connectivity index (χ4v) is 14.1. The average Bonchev–Trinajstić information content (AvgIpc) is 3.86. The second-order valence-electron chi connectivity index (χ2n) is 15.8. The fraction of sp³-hybridized carbons (Fsp3) is 0.109. The van der Waals surface area contributed by atoms with E-state index in [9.17, 15) is 9.90 Å². The molecule has 0 aromatic heterocycles. The molecule has 8 aromatic carbocycles. The summed E-state index contributed by atoms with van der Waals surface area (Å²) in [5.41, 5.74) is 7.92. The summed E-state index contributed by atoms with van der Waals surface area (Å²) in [4.78, 5) is 16.5. The number of aliphatic hydroxyl groups is 1. The maximum absolute atomic E-state index is 14.3. The molecule has 1 saturated heterocycles. The quantitative estimate of drug-likeness (QED) is 0.111. The molecule has 1 heterocycles. The van der Waals surface area contributed by atoms with Crippen molar-refractivity contribution < 1.29 is 14.6 Å². The monoisotopic (exact) mass is 798 g/mol. The third-order valence-electron chi connectivity index (χ3n) is 12.5. The zero-order valence-electron chi connectivity index (χ0n) is 33.2. The molecule has 4 nitrogen and oxygen atoms in total. The highest BCUT2D eigenvalue weighted by Crippen LogP contribution is 2.56. The number of hydrogen-bond donors (Lipinski definition) is 1. The van der Waals surface area contributed by atoms with E-state index in [-0.39, 0.29) is 12.6 Å². The fourth-order valence-electron chi connectivity index (χ4n) is 9.86. The van der Waals surface area contributed by atoms with Gasteiger partial charge in [0.15, 0.2) is 0 Å². The minimum atomic E-state index is -2.19. The Labute approximate surface area is 352 Å². The van der Waals surface area contributed by atoms with E-state index >= 15 is 0 Å². The highest BCUT2D eigenvalue weighted by molar-refractivity contribution is 8.01. The molecule has 0 radical (unpaired) electrons. The zero-order valence-corrected chi connectivity index (χ0v) is 34.1. The van der Waals surface area contributed by atoms with Gasteiger partial charge in [-0.05, 0) is 93.0 Å². The number of carbonyl (C=O) groups is 1. The van der Waals surface area contributed by atoms with Crippen LogP contribution in [0.1, 0.15) is 28.7 Å². The topological polar surface area (TPSA) is 49.8 Å². The van der Waals surface area contributed by atoms with Crippen LogP contribution in [0.2, 0.25) is 0 Å².